The Morgan fingerprint density at radius 2 is 1.80 bits per heavy atom. The molecule has 128 valence electrons. The minimum atomic E-state index is -1.36. The van der Waals surface area contributed by atoms with E-state index in [2.05, 4.69) is 4.98 Å². The average molecular weight is 339 g/mol. The number of H-pyrrole nitrogens is 1. The van der Waals surface area contributed by atoms with Gasteiger partial charge in [0.1, 0.15) is 5.82 Å². The first-order valence-electron chi connectivity index (χ1n) is 7.88. The molecule has 1 amide bonds. The van der Waals surface area contributed by atoms with Crippen molar-refractivity contribution >= 4 is 28.5 Å². The van der Waals surface area contributed by atoms with Crippen molar-refractivity contribution in [2.24, 2.45) is 0 Å². The highest BCUT2D eigenvalue weighted by Crippen LogP contribution is 2.24. The van der Waals surface area contributed by atoms with Crippen molar-refractivity contribution in [3.8, 4) is 0 Å². The van der Waals surface area contributed by atoms with E-state index in [1.165, 1.54) is 29.2 Å². The van der Waals surface area contributed by atoms with Crippen LogP contribution < -0.4 is 10.0 Å². The molecular weight excluding hydrogens is 323 g/mol. The maximum atomic E-state index is 13.1. The molecule has 0 saturated carbocycles. The van der Waals surface area contributed by atoms with Crippen LogP contribution in [-0.4, -0.2) is 23.4 Å². The second-order valence-corrected chi connectivity index (χ2v) is 5.60. The monoisotopic (exact) mass is 339 g/mol. The van der Waals surface area contributed by atoms with E-state index in [9.17, 15) is 19.1 Å². The summed E-state index contributed by atoms with van der Waals surface area (Å²) in [5.74, 6) is -2.02. The Morgan fingerprint density at radius 3 is 2.44 bits per heavy atom. The van der Waals surface area contributed by atoms with Crippen molar-refractivity contribution < 1.29 is 19.1 Å². The summed E-state index contributed by atoms with van der Waals surface area (Å²) >= 11 is 0. The van der Waals surface area contributed by atoms with Gasteiger partial charge >= 0.3 is 0 Å². The third-order valence-electron chi connectivity index (χ3n) is 4.10. The molecule has 6 heteroatoms. The van der Waals surface area contributed by atoms with Gasteiger partial charge in [-0.2, -0.15) is 0 Å². The number of anilines is 1. The van der Waals surface area contributed by atoms with Gasteiger partial charge < -0.3 is 19.8 Å². The van der Waals surface area contributed by atoms with Crippen LogP contribution in [0.1, 0.15) is 23.0 Å². The van der Waals surface area contributed by atoms with Gasteiger partial charge in [0.2, 0.25) is 5.91 Å². The number of benzene rings is 2. The summed E-state index contributed by atoms with van der Waals surface area (Å²) in [6.45, 7) is 2.18. The number of para-hydroxylation sites is 1. The number of nitrogens with one attached hydrogen (secondary N) is 1. The molecule has 0 saturated heterocycles. The lowest BCUT2D eigenvalue weighted by atomic mass is 10.1. The Morgan fingerprint density at radius 1 is 1.12 bits per heavy atom. The molecule has 2 aromatic carbocycles. The number of carbonyl (C=O) groups is 2. The van der Waals surface area contributed by atoms with E-state index in [0.717, 1.165) is 0 Å². The fourth-order valence-corrected chi connectivity index (χ4v) is 2.93. The molecule has 5 nitrogen and oxygen atoms in total. The number of carbonyl (C=O) groups excluding carboxylic acids is 2. The Kier molecular flexibility index (Phi) is 4.52. The van der Waals surface area contributed by atoms with Gasteiger partial charge in [0, 0.05) is 23.1 Å². The highest BCUT2D eigenvalue weighted by molar-refractivity contribution is 6.02. The molecule has 0 unspecified atom stereocenters. The lowest BCUT2D eigenvalue weighted by molar-refractivity contribution is -0.255. The number of aromatic amines is 1. The number of aromatic nitrogens is 1. The summed E-state index contributed by atoms with van der Waals surface area (Å²) in [6.07, 6.45) is -0.0987. The zero-order valence-corrected chi connectivity index (χ0v) is 13.6. The summed E-state index contributed by atoms with van der Waals surface area (Å²) in [4.78, 5) is 28.4. The SMILES string of the molecule is CCN(C(=O)Cc1c(C(=O)[O-])[nH]c2ccccc12)c1ccc(F)cc1. The molecule has 0 bridgehead atoms. The first-order chi connectivity index (χ1) is 12.0. The van der Waals surface area contributed by atoms with E-state index < -0.39 is 5.97 Å². The Hall–Kier alpha value is -3.15. The Labute approximate surface area is 143 Å². The molecule has 0 aliphatic rings. The van der Waals surface area contributed by atoms with E-state index in [0.29, 0.717) is 28.7 Å². The smallest absolute Gasteiger partial charge is 0.231 e. The molecule has 0 spiro atoms. The number of halogens is 1. The third-order valence-corrected chi connectivity index (χ3v) is 4.10. The quantitative estimate of drug-likeness (QED) is 0.775. The number of nitrogens with zero attached hydrogens (tertiary/aromatic N) is 1. The van der Waals surface area contributed by atoms with E-state index in [4.69, 9.17) is 0 Å². The average Bonchev–Trinajstić information content (AvgIpc) is 2.96. The maximum Gasteiger partial charge on any atom is 0.231 e. The Balaban J connectivity index is 1.96. The first-order valence-corrected chi connectivity index (χ1v) is 7.88. The van der Waals surface area contributed by atoms with E-state index in [-0.39, 0.29) is 23.8 Å². The van der Waals surface area contributed by atoms with Crippen LogP contribution in [0.5, 0.6) is 0 Å². The number of fused-ring (bicyclic) bond motifs is 1. The Bertz CT molecular complexity index is 931. The highest BCUT2D eigenvalue weighted by atomic mass is 19.1. The molecule has 1 heterocycles. The van der Waals surface area contributed by atoms with Gasteiger partial charge in [-0.15, -0.1) is 0 Å². The minimum absolute atomic E-state index is 0.0929. The summed E-state index contributed by atoms with van der Waals surface area (Å²) in [5, 5.41) is 12.1. The van der Waals surface area contributed by atoms with E-state index in [1.54, 1.807) is 31.2 Å². The number of hydrogen-bond donors (Lipinski definition) is 1. The molecule has 1 aromatic heterocycles. The van der Waals surface area contributed by atoms with Crippen LogP contribution in [0.15, 0.2) is 48.5 Å². The van der Waals surface area contributed by atoms with Crippen LogP contribution >= 0.6 is 0 Å². The molecule has 3 rings (SSSR count). The molecule has 0 radical (unpaired) electrons. The number of amides is 1. The van der Waals surface area contributed by atoms with Gasteiger partial charge in [-0.3, -0.25) is 4.79 Å². The van der Waals surface area contributed by atoms with Crippen molar-refractivity contribution in [1.29, 1.82) is 0 Å². The number of aromatic carboxylic acids is 1. The van der Waals surface area contributed by atoms with Crippen molar-refractivity contribution in [3.05, 3.63) is 65.6 Å². The van der Waals surface area contributed by atoms with Crippen LogP contribution in [-0.2, 0) is 11.2 Å². The largest absolute Gasteiger partial charge is 0.543 e. The number of rotatable bonds is 5. The van der Waals surface area contributed by atoms with E-state index in [1.807, 2.05) is 0 Å². The molecular formula is C19H16FN2O3-. The lowest BCUT2D eigenvalue weighted by Gasteiger charge is -2.21. The molecule has 0 aliphatic carbocycles. The highest BCUT2D eigenvalue weighted by Gasteiger charge is 2.20. The van der Waals surface area contributed by atoms with Gasteiger partial charge in [0.15, 0.2) is 0 Å². The van der Waals surface area contributed by atoms with Gasteiger partial charge in [-0.1, -0.05) is 18.2 Å². The van der Waals surface area contributed by atoms with Crippen LogP contribution in [0.2, 0.25) is 0 Å². The zero-order chi connectivity index (χ0) is 18.0. The standard InChI is InChI=1S/C19H17FN2O3/c1-2-22(13-9-7-12(20)8-10-13)17(23)11-15-14-5-3-4-6-16(14)21-18(15)19(24)25/h3-10,21H,2,11H2,1H3,(H,24,25)/p-1. The predicted octanol–water partition coefficient (Wildman–Crippen LogP) is 2.27. The molecule has 25 heavy (non-hydrogen) atoms. The molecule has 0 atom stereocenters. The topological polar surface area (TPSA) is 76.2 Å². The number of carboxylic acid groups (broad SMARTS) is 1. The number of hydrogen-bond acceptors (Lipinski definition) is 3. The molecule has 1 N–H and O–H groups in total. The van der Waals surface area contributed by atoms with Gasteiger partial charge in [0.25, 0.3) is 0 Å². The van der Waals surface area contributed by atoms with Crippen molar-refractivity contribution in [3.63, 3.8) is 0 Å². The normalized spacial score (nSPS) is 10.8. The van der Waals surface area contributed by atoms with Gasteiger partial charge in [-0.25, -0.2) is 4.39 Å². The fraction of sp³-hybridized carbons (Fsp3) is 0.158. The van der Waals surface area contributed by atoms with Crippen molar-refractivity contribution in [2.45, 2.75) is 13.3 Å². The van der Waals surface area contributed by atoms with Crippen molar-refractivity contribution in [2.75, 3.05) is 11.4 Å². The van der Waals surface area contributed by atoms with Crippen LogP contribution in [0.3, 0.4) is 0 Å². The van der Waals surface area contributed by atoms with Crippen LogP contribution in [0.25, 0.3) is 10.9 Å². The molecule has 3 aromatic rings. The van der Waals surface area contributed by atoms with E-state index >= 15 is 0 Å². The lowest BCUT2D eigenvalue weighted by Crippen LogP contribution is -2.33. The second kappa shape index (κ2) is 6.76. The second-order valence-electron chi connectivity index (χ2n) is 5.60. The maximum absolute atomic E-state index is 13.1. The summed E-state index contributed by atoms with van der Waals surface area (Å²) in [5.41, 5.74) is 1.49. The number of likely N-dealkylation sites (N-methyl/N-ethyl adjacent to an activating group) is 1. The minimum Gasteiger partial charge on any atom is -0.543 e. The van der Waals surface area contributed by atoms with Gasteiger partial charge in [-0.05, 0) is 42.8 Å². The predicted molar refractivity (Wildman–Crippen MR) is 90.8 cm³/mol. The summed E-state index contributed by atoms with van der Waals surface area (Å²) < 4.78 is 13.1. The fourth-order valence-electron chi connectivity index (χ4n) is 2.93. The summed E-state index contributed by atoms with van der Waals surface area (Å²) in [6, 6.07) is 12.7. The van der Waals surface area contributed by atoms with Crippen molar-refractivity contribution in [1.82, 2.24) is 4.98 Å². The van der Waals surface area contributed by atoms with Crippen LogP contribution in [0.4, 0.5) is 10.1 Å². The zero-order valence-electron chi connectivity index (χ0n) is 13.6. The van der Waals surface area contributed by atoms with Crippen LogP contribution in [0, 0.1) is 5.82 Å². The summed E-state index contributed by atoms with van der Waals surface area (Å²) in [7, 11) is 0. The first kappa shape index (κ1) is 16.7. The van der Waals surface area contributed by atoms with Gasteiger partial charge in [0.05, 0.1) is 18.1 Å². The number of carboxylic acids is 1. The third kappa shape index (κ3) is 3.24. The molecule has 0 fully saturated rings. The molecule has 0 aliphatic heterocycles.